The molecule has 0 radical (unpaired) electrons. The van der Waals surface area contributed by atoms with E-state index in [9.17, 15) is 9.90 Å². The summed E-state index contributed by atoms with van der Waals surface area (Å²) in [5, 5.41) is 13.0. The SMILES string of the molecule is C[C@@H](O)c1cccnc1N1CCC2NC(=O)CCC2C1. The van der Waals surface area contributed by atoms with Gasteiger partial charge < -0.3 is 15.3 Å². The van der Waals surface area contributed by atoms with Crippen LogP contribution >= 0.6 is 0 Å². The number of aliphatic hydroxyl groups is 1. The number of nitrogens with one attached hydrogen (secondary N) is 1. The lowest BCUT2D eigenvalue weighted by atomic mass is 9.85. The van der Waals surface area contributed by atoms with Crippen LogP contribution in [0.5, 0.6) is 0 Å². The Bertz CT molecular complexity index is 504. The third-order valence-electron chi connectivity index (χ3n) is 4.39. The zero-order valence-electron chi connectivity index (χ0n) is 11.7. The number of hydrogen-bond donors (Lipinski definition) is 2. The lowest BCUT2D eigenvalue weighted by Crippen LogP contribution is -2.54. The number of piperidine rings is 2. The van der Waals surface area contributed by atoms with Crippen LogP contribution in [0.4, 0.5) is 5.82 Å². The molecular formula is C15H21N3O2. The smallest absolute Gasteiger partial charge is 0.220 e. The largest absolute Gasteiger partial charge is 0.389 e. The predicted octanol–water partition coefficient (Wildman–Crippen LogP) is 1.24. The van der Waals surface area contributed by atoms with E-state index in [2.05, 4.69) is 15.2 Å². The first-order valence-electron chi connectivity index (χ1n) is 7.32. The third-order valence-corrected chi connectivity index (χ3v) is 4.39. The predicted molar refractivity (Wildman–Crippen MR) is 76.4 cm³/mol. The van der Waals surface area contributed by atoms with Crippen LogP contribution in [0.25, 0.3) is 0 Å². The highest BCUT2D eigenvalue weighted by Gasteiger charge is 2.34. The number of nitrogens with zero attached hydrogens (tertiary/aromatic N) is 2. The van der Waals surface area contributed by atoms with Crippen LogP contribution in [-0.4, -0.2) is 35.1 Å². The first kappa shape index (κ1) is 13.4. The van der Waals surface area contributed by atoms with Crippen LogP contribution in [0.2, 0.25) is 0 Å². The average Bonchev–Trinajstić information content (AvgIpc) is 2.46. The number of hydrogen-bond acceptors (Lipinski definition) is 4. The molecule has 0 aliphatic carbocycles. The van der Waals surface area contributed by atoms with Crippen LogP contribution in [0.1, 0.15) is 37.9 Å². The Morgan fingerprint density at radius 3 is 3.15 bits per heavy atom. The van der Waals surface area contributed by atoms with Gasteiger partial charge in [-0.2, -0.15) is 0 Å². The zero-order valence-corrected chi connectivity index (χ0v) is 11.7. The summed E-state index contributed by atoms with van der Waals surface area (Å²) in [5.41, 5.74) is 0.880. The van der Waals surface area contributed by atoms with E-state index < -0.39 is 6.10 Å². The van der Waals surface area contributed by atoms with Gasteiger partial charge in [0.15, 0.2) is 0 Å². The fraction of sp³-hybridized carbons (Fsp3) is 0.600. The second-order valence-electron chi connectivity index (χ2n) is 5.80. The minimum absolute atomic E-state index is 0.183. The zero-order chi connectivity index (χ0) is 14.1. The summed E-state index contributed by atoms with van der Waals surface area (Å²) < 4.78 is 0. The topological polar surface area (TPSA) is 65.5 Å². The van der Waals surface area contributed by atoms with Crippen LogP contribution < -0.4 is 10.2 Å². The minimum Gasteiger partial charge on any atom is -0.389 e. The fourth-order valence-corrected chi connectivity index (χ4v) is 3.30. The number of aliphatic hydroxyl groups excluding tert-OH is 1. The molecule has 3 atom stereocenters. The van der Waals surface area contributed by atoms with Gasteiger partial charge in [-0.05, 0) is 31.7 Å². The Morgan fingerprint density at radius 2 is 2.35 bits per heavy atom. The van der Waals surface area contributed by atoms with Crippen LogP contribution in [0.3, 0.4) is 0 Å². The summed E-state index contributed by atoms with van der Waals surface area (Å²) in [6.45, 7) is 3.55. The maximum atomic E-state index is 11.4. The Hall–Kier alpha value is -1.62. The second-order valence-corrected chi connectivity index (χ2v) is 5.80. The maximum absolute atomic E-state index is 11.4. The number of aromatic nitrogens is 1. The molecule has 5 nitrogen and oxygen atoms in total. The summed E-state index contributed by atoms with van der Waals surface area (Å²) in [5.74, 6) is 1.56. The number of amides is 1. The molecule has 1 amide bonds. The van der Waals surface area contributed by atoms with E-state index in [0.717, 1.165) is 37.3 Å². The van der Waals surface area contributed by atoms with Crippen molar-refractivity contribution in [1.29, 1.82) is 0 Å². The molecule has 2 aliphatic rings. The van der Waals surface area contributed by atoms with E-state index in [-0.39, 0.29) is 5.91 Å². The number of anilines is 1. The minimum atomic E-state index is -0.512. The molecule has 20 heavy (non-hydrogen) atoms. The molecule has 2 aliphatic heterocycles. The molecule has 0 bridgehead atoms. The van der Waals surface area contributed by atoms with E-state index in [1.165, 1.54) is 0 Å². The van der Waals surface area contributed by atoms with Gasteiger partial charge in [0.2, 0.25) is 5.91 Å². The van der Waals surface area contributed by atoms with Crippen molar-refractivity contribution in [3.8, 4) is 0 Å². The van der Waals surface area contributed by atoms with Gasteiger partial charge >= 0.3 is 0 Å². The van der Waals surface area contributed by atoms with Crippen LogP contribution in [0, 0.1) is 5.92 Å². The van der Waals surface area contributed by atoms with Crippen molar-refractivity contribution in [3.63, 3.8) is 0 Å². The summed E-state index contributed by atoms with van der Waals surface area (Å²) in [4.78, 5) is 18.1. The van der Waals surface area contributed by atoms with Crippen molar-refractivity contribution in [2.45, 2.75) is 38.3 Å². The highest BCUT2D eigenvalue weighted by molar-refractivity contribution is 5.77. The molecule has 2 N–H and O–H groups in total. The number of fused-ring (bicyclic) bond motifs is 1. The van der Waals surface area contributed by atoms with Crippen molar-refractivity contribution < 1.29 is 9.90 Å². The molecule has 108 valence electrons. The third kappa shape index (κ3) is 2.50. The molecule has 3 heterocycles. The molecule has 0 spiro atoms. The van der Waals surface area contributed by atoms with Gasteiger partial charge in [0, 0.05) is 37.3 Å². The Balaban J connectivity index is 1.78. The number of carbonyl (C=O) groups excluding carboxylic acids is 1. The molecule has 2 unspecified atom stereocenters. The van der Waals surface area contributed by atoms with E-state index >= 15 is 0 Å². The summed E-state index contributed by atoms with van der Waals surface area (Å²) >= 11 is 0. The molecule has 0 aromatic carbocycles. The molecule has 1 aromatic heterocycles. The van der Waals surface area contributed by atoms with Gasteiger partial charge in [-0.3, -0.25) is 4.79 Å². The summed E-state index contributed by atoms with van der Waals surface area (Å²) in [6, 6.07) is 4.10. The summed E-state index contributed by atoms with van der Waals surface area (Å²) in [6.07, 6.45) is 3.79. The highest BCUT2D eigenvalue weighted by Crippen LogP contribution is 2.31. The van der Waals surface area contributed by atoms with Gasteiger partial charge in [0.1, 0.15) is 5.82 Å². The Kier molecular flexibility index (Phi) is 3.61. The van der Waals surface area contributed by atoms with E-state index in [1.807, 2.05) is 12.1 Å². The Morgan fingerprint density at radius 1 is 1.50 bits per heavy atom. The number of rotatable bonds is 2. The van der Waals surface area contributed by atoms with Gasteiger partial charge in [-0.1, -0.05) is 6.07 Å². The second kappa shape index (κ2) is 5.40. The van der Waals surface area contributed by atoms with Crippen molar-refractivity contribution in [2.24, 2.45) is 5.92 Å². The van der Waals surface area contributed by atoms with Crippen molar-refractivity contribution in [2.75, 3.05) is 18.0 Å². The van der Waals surface area contributed by atoms with Gasteiger partial charge in [0.05, 0.1) is 6.10 Å². The van der Waals surface area contributed by atoms with E-state index in [0.29, 0.717) is 18.4 Å². The van der Waals surface area contributed by atoms with Crippen molar-refractivity contribution >= 4 is 11.7 Å². The lowest BCUT2D eigenvalue weighted by molar-refractivity contribution is -0.124. The van der Waals surface area contributed by atoms with Crippen LogP contribution in [-0.2, 0) is 4.79 Å². The monoisotopic (exact) mass is 275 g/mol. The van der Waals surface area contributed by atoms with Crippen LogP contribution in [0.15, 0.2) is 18.3 Å². The molecule has 0 saturated carbocycles. The fourth-order valence-electron chi connectivity index (χ4n) is 3.30. The normalized spacial score (nSPS) is 27.7. The molecule has 2 fully saturated rings. The van der Waals surface area contributed by atoms with E-state index in [4.69, 9.17) is 0 Å². The van der Waals surface area contributed by atoms with Crippen molar-refractivity contribution in [1.82, 2.24) is 10.3 Å². The standard InChI is InChI=1S/C15H21N3O2/c1-10(19)12-3-2-7-16-15(12)18-8-6-13-11(9-18)4-5-14(20)17-13/h2-3,7,10-11,13,19H,4-6,8-9H2,1H3,(H,17,20)/t10-,11?,13?/m1/s1. The quantitative estimate of drug-likeness (QED) is 0.852. The van der Waals surface area contributed by atoms with Crippen molar-refractivity contribution in [3.05, 3.63) is 23.9 Å². The number of carbonyl (C=O) groups is 1. The molecule has 5 heteroatoms. The average molecular weight is 275 g/mol. The van der Waals surface area contributed by atoms with Gasteiger partial charge in [0.25, 0.3) is 0 Å². The molecule has 3 rings (SSSR count). The molecule has 1 aromatic rings. The van der Waals surface area contributed by atoms with Gasteiger partial charge in [-0.15, -0.1) is 0 Å². The first-order chi connectivity index (χ1) is 9.65. The van der Waals surface area contributed by atoms with Gasteiger partial charge in [-0.25, -0.2) is 4.98 Å². The summed E-state index contributed by atoms with van der Waals surface area (Å²) in [7, 11) is 0. The Labute approximate surface area is 119 Å². The lowest BCUT2D eigenvalue weighted by Gasteiger charge is -2.42. The maximum Gasteiger partial charge on any atom is 0.220 e. The van der Waals surface area contributed by atoms with E-state index in [1.54, 1.807) is 13.1 Å². The number of pyridine rings is 1. The highest BCUT2D eigenvalue weighted by atomic mass is 16.3. The molecular weight excluding hydrogens is 254 g/mol. The molecule has 2 saturated heterocycles. The first-order valence-corrected chi connectivity index (χ1v) is 7.32.